The van der Waals surface area contributed by atoms with Crippen LogP contribution in [0.1, 0.15) is 20.0 Å². The fourth-order valence-corrected chi connectivity index (χ4v) is 4.22. The highest BCUT2D eigenvalue weighted by Gasteiger charge is 2.40. The van der Waals surface area contributed by atoms with Crippen LogP contribution in [0, 0.1) is 0 Å². The number of rotatable bonds is 1. The zero-order valence-electron chi connectivity index (χ0n) is 13.1. The predicted octanol–water partition coefficient (Wildman–Crippen LogP) is 2.43. The molecule has 6 nitrogen and oxygen atoms in total. The molecule has 0 bridgehead atoms. The first kappa shape index (κ1) is 16.3. The summed E-state index contributed by atoms with van der Waals surface area (Å²) < 4.78 is 0.777. The first-order valence-electron chi connectivity index (χ1n) is 7.79. The van der Waals surface area contributed by atoms with E-state index < -0.39 is 6.04 Å². The van der Waals surface area contributed by atoms with Gasteiger partial charge in [-0.2, -0.15) is 0 Å². The number of benzene rings is 1. The minimum absolute atomic E-state index is 0.0978. The van der Waals surface area contributed by atoms with E-state index >= 15 is 0 Å². The van der Waals surface area contributed by atoms with Crippen LogP contribution in [0.25, 0.3) is 0 Å². The number of halogens is 1. The Kier molecular flexibility index (Phi) is 4.09. The summed E-state index contributed by atoms with van der Waals surface area (Å²) in [7, 11) is 0. The van der Waals surface area contributed by atoms with E-state index in [0.717, 1.165) is 4.47 Å². The smallest absolute Gasteiger partial charge is 0.264 e. The number of carbonyl (C=O) groups excluding carboxylic acids is 3. The third-order valence-corrected chi connectivity index (χ3v) is 5.78. The summed E-state index contributed by atoms with van der Waals surface area (Å²) in [5.74, 6) is -0.555. The molecule has 1 saturated heterocycles. The summed E-state index contributed by atoms with van der Waals surface area (Å²) in [6.45, 7) is 0.943. The third kappa shape index (κ3) is 2.85. The van der Waals surface area contributed by atoms with Gasteiger partial charge >= 0.3 is 0 Å². The van der Waals surface area contributed by atoms with Crippen LogP contribution in [-0.2, 0) is 4.79 Å². The maximum Gasteiger partial charge on any atom is 0.264 e. The Morgan fingerprint density at radius 1 is 1.24 bits per heavy atom. The van der Waals surface area contributed by atoms with E-state index in [1.165, 1.54) is 11.3 Å². The van der Waals surface area contributed by atoms with Crippen molar-refractivity contribution >= 4 is 50.7 Å². The van der Waals surface area contributed by atoms with Gasteiger partial charge in [-0.25, -0.2) is 0 Å². The van der Waals surface area contributed by atoms with E-state index in [2.05, 4.69) is 21.2 Å². The molecule has 2 aliphatic heterocycles. The van der Waals surface area contributed by atoms with Crippen molar-refractivity contribution in [1.82, 2.24) is 9.80 Å². The van der Waals surface area contributed by atoms with Gasteiger partial charge in [-0.05, 0) is 29.6 Å². The quantitative estimate of drug-likeness (QED) is 0.771. The Balaban J connectivity index is 1.63. The molecule has 8 heteroatoms. The number of anilines is 1. The fraction of sp³-hybridized carbons (Fsp3) is 0.235. The highest BCUT2D eigenvalue weighted by molar-refractivity contribution is 9.10. The van der Waals surface area contributed by atoms with Crippen molar-refractivity contribution < 1.29 is 14.4 Å². The molecular weight excluding hydrogens is 406 g/mol. The van der Waals surface area contributed by atoms with E-state index in [9.17, 15) is 14.4 Å². The normalized spacial score (nSPS) is 19.8. The molecule has 2 aromatic rings. The first-order chi connectivity index (χ1) is 12.0. The van der Waals surface area contributed by atoms with Crippen molar-refractivity contribution in [2.45, 2.75) is 6.04 Å². The summed E-state index contributed by atoms with van der Waals surface area (Å²) in [6, 6.07) is 8.11. The van der Waals surface area contributed by atoms with Gasteiger partial charge in [0.15, 0.2) is 0 Å². The van der Waals surface area contributed by atoms with E-state index in [1.807, 2.05) is 11.4 Å². The summed E-state index contributed by atoms with van der Waals surface area (Å²) >= 11 is 4.74. The molecule has 0 saturated carbocycles. The largest absolute Gasteiger partial charge is 0.334 e. The molecule has 1 fully saturated rings. The number of amides is 3. The molecule has 0 aliphatic carbocycles. The van der Waals surface area contributed by atoms with Crippen molar-refractivity contribution in [2.75, 3.05) is 25.0 Å². The number of nitrogens with zero attached hydrogens (tertiary/aromatic N) is 2. The zero-order valence-corrected chi connectivity index (χ0v) is 15.5. The number of fused-ring (bicyclic) bond motifs is 2. The minimum atomic E-state index is -0.684. The second-order valence-electron chi connectivity index (χ2n) is 5.92. The average Bonchev–Trinajstić information content (AvgIpc) is 3.13. The summed E-state index contributed by atoms with van der Waals surface area (Å²) in [5, 5.41) is 4.66. The molecule has 4 rings (SSSR count). The summed E-state index contributed by atoms with van der Waals surface area (Å²) in [6.07, 6.45) is 0. The van der Waals surface area contributed by atoms with Gasteiger partial charge in [-0.1, -0.05) is 22.0 Å². The standard InChI is InChI=1S/C17H14BrN3O3S/c18-10-3-4-12-11(8-10)16(23)21-6-5-20(9-13(21)15(22)19-12)17(24)14-2-1-7-25-14/h1-4,7-8,13H,5-6,9H2,(H,19,22)/t13-/m1/s1. The van der Waals surface area contributed by atoms with Crippen molar-refractivity contribution in [3.8, 4) is 0 Å². The lowest BCUT2D eigenvalue weighted by Gasteiger charge is -2.39. The van der Waals surface area contributed by atoms with Crippen LogP contribution < -0.4 is 5.32 Å². The van der Waals surface area contributed by atoms with Crippen molar-refractivity contribution in [3.05, 3.63) is 50.6 Å². The average molecular weight is 420 g/mol. The summed E-state index contributed by atoms with van der Waals surface area (Å²) in [5.41, 5.74) is 0.965. The Hall–Kier alpha value is -2.19. The second-order valence-corrected chi connectivity index (χ2v) is 7.79. The lowest BCUT2D eigenvalue weighted by atomic mass is 10.1. The molecule has 0 unspecified atom stereocenters. The molecule has 0 spiro atoms. The third-order valence-electron chi connectivity index (χ3n) is 4.43. The molecular formula is C17H14BrN3O3S. The molecule has 25 heavy (non-hydrogen) atoms. The van der Waals surface area contributed by atoms with Crippen LogP contribution in [-0.4, -0.2) is 53.2 Å². The van der Waals surface area contributed by atoms with E-state index in [0.29, 0.717) is 29.2 Å². The van der Waals surface area contributed by atoms with Gasteiger partial charge < -0.3 is 15.1 Å². The van der Waals surface area contributed by atoms with Gasteiger partial charge in [0.05, 0.1) is 22.7 Å². The van der Waals surface area contributed by atoms with E-state index in [4.69, 9.17) is 0 Å². The molecule has 2 aliphatic rings. The van der Waals surface area contributed by atoms with Gasteiger partial charge in [0.25, 0.3) is 11.8 Å². The number of carbonyl (C=O) groups is 3. The van der Waals surface area contributed by atoms with Crippen LogP contribution >= 0.6 is 27.3 Å². The van der Waals surface area contributed by atoms with Crippen LogP contribution in [0.3, 0.4) is 0 Å². The maximum absolute atomic E-state index is 12.9. The van der Waals surface area contributed by atoms with Gasteiger partial charge in [-0.15, -0.1) is 11.3 Å². The lowest BCUT2D eigenvalue weighted by Crippen LogP contribution is -2.59. The number of hydrogen-bond acceptors (Lipinski definition) is 4. The van der Waals surface area contributed by atoms with Crippen LogP contribution in [0.2, 0.25) is 0 Å². The van der Waals surface area contributed by atoms with E-state index in [-0.39, 0.29) is 24.3 Å². The number of hydrogen-bond donors (Lipinski definition) is 1. The van der Waals surface area contributed by atoms with Gasteiger partial charge in [0.1, 0.15) is 6.04 Å². The van der Waals surface area contributed by atoms with Crippen LogP contribution in [0.4, 0.5) is 5.69 Å². The van der Waals surface area contributed by atoms with Gasteiger partial charge in [0, 0.05) is 17.6 Å². The second kappa shape index (κ2) is 6.27. The molecule has 1 N–H and O–H groups in total. The number of piperazine rings is 1. The SMILES string of the molecule is O=C1Nc2ccc(Br)cc2C(=O)N2CCN(C(=O)c3cccs3)C[C@H]12. The highest BCUT2D eigenvalue weighted by Crippen LogP contribution is 2.28. The van der Waals surface area contributed by atoms with Crippen molar-refractivity contribution in [3.63, 3.8) is 0 Å². The fourth-order valence-electron chi connectivity index (χ4n) is 3.16. The Bertz CT molecular complexity index is 868. The Morgan fingerprint density at radius 2 is 2.08 bits per heavy atom. The topological polar surface area (TPSA) is 69.7 Å². The Morgan fingerprint density at radius 3 is 2.84 bits per heavy atom. The number of nitrogens with one attached hydrogen (secondary N) is 1. The zero-order chi connectivity index (χ0) is 17.6. The van der Waals surface area contributed by atoms with Crippen LogP contribution in [0.15, 0.2) is 40.2 Å². The molecule has 1 aromatic carbocycles. The molecule has 1 atom stereocenters. The molecule has 3 amide bonds. The van der Waals surface area contributed by atoms with Crippen LogP contribution in [0.5, 0.6) is 0 Å². The first-order valence-corrected chi connectivity index (χ1v) is 9.46. The monoisotopic (exact) mass is 419 g/mol. The predicted molar refractivity (Wildman–Crippen MR) is 97.8 cm³/mol. The highest BCUT2D eigenvalue weighted by atomic mass is 79.9. The Labute approximate surface area is 156 Å². The van der Waals surface area contributed by atoms with E-state index in [1.54, 1.807) is 34.1 Å². The number of thiophene rings is 1. The molecule has 0 radical (unpaired) electrons. The van der Waals surface area contributed by atoms with Gasteiger partial charge in [0.2, 0.25) is 5.91 Å². The maximum atomic E-state index is 12.9. The molecule has 128 valence electrons. The molecule has 1 aromatic heterocycles. The lowest BCUT2D eigenvalue weighted by molar-refractivity contribution is -0.121. The summed E-state index contributed by atoms with van der Waals surface area (Å²) in [4.78, 5) is 41.9. The van der Waals surface area contributed by atoms with Gasteiger partial charge in [-0.3, -0.25) is 14.4 Å². The minimum Gasteiger partial charge on any atom is -0.334 e. The molecule has 3 heterocycles. The van der Waals surface area contributed by atoms with Crippen molar-refractivity contribution in [2.24, 2.45) is 0 Å². The van der Waals surface area contributed by atoms with Crippen molar-refractivity contribution in [1.29, 1.82) is 0 Å².